The van der Waals surface area contributed by atoms with Gasteiger partial charge in [0.2, 0.25) is 0 Å². The van der Waals surface area contributed by atoms with Crippen molar-refractivity contribution in [3.63, 3.8) is 0 Å². The van der Waals surface area contributed by atoms with E-state index in [-0.39, 0.29) is 12.8 Å². The molecule has 5 nitrogen and oxygen atoms in total. The first kappa shape index (κ1) is 19.1. The summed E-state index contributed by atoms with van der Waals surface area (Å²) in [6.45, 7) is 1.98. The molecule has 0 aliphatic heterocycles. The van der Waals surface area contributed by atoms with Crippen molar-refractivity contribution in [3.8, 4) is 0 Å². The van der Waals surface area contributed by atoms with Gasteiger partial charge in [-0.1, -0.05) is 54.1 Å². The van der Waals surface area contributed by atoms with E-state index in [1.807, 2.05) is 55.5 Å². The van der Waals surface area contributed by atoms with Crippen molar-refractivity contribution in [2.45, 2.75) is 19.8 Å². The number of hydrazone groups is 1. The van der Waals surface area contributed by atoms with E-state index in [0.717, 1.165) is 21.2 Å². The number of carbonyl (C=O) groups is 2. The molecule has 0 atom stereocenters. The van der Waals surface area contributed by atoms with Crippen molar-refractivity contribution < 1.29 is 14.7 Å². The Labute approximate surface area is 165 Å². The third-order valence-corrected chi connectivity index (χ3v) is 5.62. The summed E-state index contributed by atoms with van der Waals surface area (Å²) in [7, 11) is 0. The number of rotatable bonds is 6. The van der Waals surface area contributed by atoms with Gasteiger partial charge in [-0.3, -0.25) is 9.59 Å². The van der Waals surface area contributed by atoms with Gasteiger partial charge in [0.05, 0.1) is 17.2 Å². The molecule has 0 aliphatic rings. The first-order chi connectivity index (χ1) is 13.0. The van der Waals surface area contributed by atoms with Crippen LogP contribution in [0.15, 0.2) is 53.6 Å². The summed E-state index contributed by atoms with van der Waals surface area (Å²) < 4.78 is 0.934. The number of hydrogen-bond donors (Lipinski definition) is 2. The van der Waals surface area contributed by atoms with E-state index in [1.165, 1.54) is 11.3 Å². The molecule has 1 heterocycles. The molecule has 27 heavy (non-hydrogen) atoms. The molecule has 2 N–H and O–H groups in total. The predicted octanol–water partition coefficient (Wildman–Crippen LogP) is 4.86. The summed E-state index contributed by atoms with van der Waals surface area (Å²) in [5.41, 5.74) is 4.87. The second kappa shape index (κ2) is 8.33. The molecule has 0 spiro atoms. The van der Waals surface area contributed by atoms with Crippen molar-refractivity contribution in [3.05, 3.63) is 69.6 Å². The molecule has 0 fully saturated rings. The molecule has 2 aromatic carbocycles. The molecule has 0 saturated carbocycles. The monoisotopic (exact) mass is 400 g/mol. The minimum absolute atomic E-state index is 0.0769. The van der Waals surface area contributed by atoms with Gasteiger partial charge in [-0.05, 0) is 24.1 Å². The van der Waals surface area contributed by atoms with E-state index in [4.69, 9.17) is 16.7 Å². The van der Waals surface area contributed by atoms with Crippen LogP contribution >= 0.6 is 22.9 Å². The van der Waals surface area contributed by atoms with Gasteiger partial charge in [0.1, 0.15) is 4.88 Å². The Morgan fingerprint density at radius 3 is 2.59 bits per heavy atom. The molecule has 0 bridgehead atoms. The number of hydrogen-bond acceptors (Lipinski definition) is 4. The van der Waals surface area contributed by atoms with Crippen molar-refractivity contribution in [2.24, 2.45) is 5.10 Å². The number of carboxylic acid groups (broad SMARTS) is 1. The summed E-state index contributed by atoms with van der Waals surface area (Å²) in [5.74, 6) is -1.34. The maximum absolute atomic E-state index is 12.6. The van der Waals surface area contributed by atoms with Crippen molar-refractivity contribution in [1.29, 1.82) is 0 Å². The fourth-order valence-corrected chi connectivity index (χ4v) is 4.11. The Bertz CT molecular complexity index is 1030. The lowest BCUT2D eigenvalue weighted by Gasteiger charge is -2.06. The van der Waals surface area contributed by atoms with Gasteiger partial charge in [-0.2, -0.15) is 5.10 Å². The van der Waals surface area contributed by atoms with Crippen LogP contribution in [-0.4, -0.2) is 22.7 Å². The molecule has 0 saturated heterocycles. The lowest BCUT2D eigenvalue weighted by molar-refractivity contribution is -0.136. The van der Waals surface area contributed by atoms with Gasteiger partial charge in [0.25, 0.3) is 5.91 Å². The Balaban J connectivity index is 1.86. The number of fused-ring (bicyclic) bond motifs is 1. The van der Waals surface area contributed by atoms with E-state index in [2.05, 4.69) is 10.5 Å². The van der Waals surface area contributed by atoms with Gasteiger partial charge in [0.15, 0.2) is 0 Å². The molecule has 1 aromatic heterocycles. The number of nitrogens with zero attached hydrogens (tertiary/aromatic N) is 1. The molecular weight excluding hydrogens is 384 g/mol. The molecule has 7 heteroatoms. The van der Waals surface area contributed by atoms with Gasteiger partial charge >= 0.3 is 5.97 Å². The molecule has 0 unspecified atom stereocenters. The van der Waals surface area contributed by atoms with Crippen LogP contribution in [0, 0.1) is 6.92 Å². The second-order valence-electron chi connectivity index (χ2n) is 6.00. The molecule has 1 amide bonds. The summed E-state index contributed by atoms with van der Waals surface area (Å²) in [6.07, 6.45) is 0.130. The standard InChI is InChI=1S/C20H17ClN2O3S/c1-12-7-8-14-16(11-12)27-19(18(14)21)20(26)23-22-15(9-10-17(24)25)13-5-3-2-4-6-13/h2-8,11H,9-10H2,1H3,(H,23,26)(H,24,25). The molecular formula is C20H17ClN2O3S. The van der Waals surface area contributed by atoms with Crippen LogP contribution in [0.25, 0.3) is 10.1 Å². The zero-order valence-corrected chi connectivity index (χ0v) is 16.1. The maximum Gasteiger partial charge on any atom is 0.303 e. The lowest BCUT2D eigenvalue weighted by Crippen LogP contribution is -2.20. The van der Waals surface area contributed by atoms with E-state index in [9.17, 15) is 9.59 Å². The number of carboxylic acids is 1. The largest absolute Gasteiger partial charge is 0.481 e. The SMILES string of the molecule is Cc1ccc2c(Cl)c(C(=O)NN=C(CCC(=O)O)c3ccccc3)sc2c1. The third kappa shape index (κ3) is 4.53. The third-order valence-electron chi connectivity index (χ3n) is 3.97. The summed E-state index contributed by atoms with van der Waals surface area (Å²) in [5, 5.41) is 14.3. The van der Waals surface area contributed by atoms with Crippen molar-refractivity contribution >= 4 is 50.6 Å². The van der Waals surface area contributed by atoms with Crippen LogP contribution in [0.5, 0.6) is 0 Å². The van der Waals surface area contributed by atoms with Gasteiger partial charge < -0.3 is 5.11 Å². The smallest absolute Gasteiger partial charge is 0.303 e. The van der Waals surface area contributed by atoms with Gasteiger partial charge in [-0.15, -0.1) is 11.3 Å². The van der Waals surface area contributed by atoms with Crippen molar-refractivity contribution in [1.82, 2.24) is 5.43 Å². The zero-order chi connectivity index (χ0) is 19.4. The average molecular weight is 401 g/mol. The average Bonchev–Trinajstić information content (AvgIpc) is 2.98. The van der Waals surface area contributed by atoms with E-state index >= 15 is 0 Å². The Kier molecular flexibility index (Phi) is 5.88. The highest BCUT2D eigenvalue weighted by Crippen LogP contribution is 2.35. The molecule has 0 aliphatic carbocycles. The van der Waals surface area contributed by atoms with Crippen LogP contribution in [-0.2, 0) is 4.79 Å². The van der Waals surface area contributed by atoms with E-state index in [0.29, 0.717) is 15.6 Å². The van der Waals surface area contributed by atoms with E-state index < -0.39 is 11.9 Å². The minimum Gasteiger partial charge on any atom is -0.481 e. The zero-order valence-electron chi connectivity index (χ0n) is 14.5. The first-order valence-corrected chi connectivity index (χ1v) is 9.48. The van der Waals surface area contributed by atoms with Gasteiger partial charge in [0, 0.05) is 16.5 Å². The highest BCUT2D eigenvalue weighted by atomic mass is 35.5. The highest BCUT2D eigenvalue weighted by molar-refractivity contribution is 7.21. The molecule has 3 rings (SSSR count). The number of thiophene rings is 1. The second-order valence-corrected chi connectivity index (χ2v) is 7.43. The quantitative estimate of drug-likeness (QED) is 0.458. The fraction of sp³-hybridized carbons (Fsp3) is 0.150. The van der Waals surface area contributed by atoms with Crippen LogP contribution in [0.4, 0.5) is 0 Å². The first-order valence-electron chi connectivity index (χ1n) is 8.28. The van der Waals surface area contributed by atoms with Crippen LogP contribution < -0.4 is 5.43 Å². The lowest BCUT2D eigenvalue weighted by atomic mass is 10.1. The summed E-state index contributed by atoms with van der Waals surface area (Å²) >= 11 is 7.67. The number of carbonyl (C=O) groups excluding carboxylic acids is 1. The maximum atomic E-state index is 12.6. The highest BCUT2D eigenvalue weighted by Gasteiger charge is 2.17. The van der Waals surface area contributed by atoms with Crippen LogP contribution in [0.1, 0.15) is 33.6 Å². The topological polar surface area (TPSA) is 78.8 Å². The minimum atomic E-state index is -0.923. The fourth-order valence-electron chi connectivity index (χ4n) is 2.61. The number of benzene rings is 2. The van der Waals surface area contributed by atoms with Crippen molar-refractivity contribution in [2.75, 3.05) is 0 Å². The number of aliphatic carboxylic acids is 1. The van der Waals surface area contributed by atoms with E-state index in [1.54, 1.807) is 0 Å². The molecule has 0 radical (unpaired) electrons. The molecule has 138 valence electrons. The number of aryl methyl sites for hydroxylation is 1. The molecule has 3 aromatic rings. The number of halogens is 1. The van der Waals surface area contributed by atoms with Gasteiger partial charge in [-0.25, -0.2) is 5.43 Å². The van der Waals surface area contributed by atoms with Crippen LogP contribution in [0.2, 0.25) is 5.02 Å². The summed E-state index contributed by atoms with van der Waals surface area (Å²) in [4.78, 5) is 23.9. The Morgan fingerprint density at radius 1 is 1.15 bits per heavy atom. The predicted molar refractivity (Wildman–Crippen MR) is 109 cm³/mol. The Hall–Kier alpha value is -2.70. The number of amides is 1. The normalized spacial score (nSPS) is 11.6. The summed E-state index contributed by atoms with van der Waals surface area (Å²) in [6, 6.07) is 15.0. The Morgan fingerprint density at radius 2 is 1.89 bits per heavy atom. The van der Waals surface area contributed by atoms with Crippen LogP contribution in [0.3, 0.4) is 0 Å². The number of nitrogens with one attached hydrogen (secondary N) is 1.